The Balaban J connectivity index is 6.08. The van der Waals surface area contributed by atoms with Crippen LogP contribution in [-0.2, 0) is 0 Å². The zero-order chi connectivity index (χ0) is 22.9. The molecule has 0 aliphatic rings. The van der Waals surface area contributed by atoms with Gasteiger partial charge in [0.1, 0.15) is 0 Å². The molecule has 0 aliphatic carbocycles. The normalized spacial score (nSPS) is 12.3. The summed E-state index contributed by atoms with van der Waals surface area (Å²) in [5.74, 6) is 0. The molecular weight excluding hydrogens is 574 g/mol. The molecule has 2 heteroatoms. The predicted octanol–water partition coefficient (Wildman–Crippen LogP) is 10.9. The Kier molecular flexibility index (Phi) is 19.2. The van der Waals surface area contributed by atoms with Gasteiger partial charge in [-0.15, -0.1) is 0 Å². The molecule has 0 bridgehead atoms. The van der Waals surface area contributed by atoms with Crippen molar-refractivity contribution in [1.82, 2.24) is 0 Å². The minimum absolute atomic E-state index is 1.35. The SMILES string of the molecule is C=[C]([C](=C)[Sn]([CH2]CCC)([CH2]CCC)[CH2]CCC)[Sn]([CH2]CCC)([CH2]CCC)[CH2]CCC. The van der Waals surface area contributed by atoms with Crippen molar-refractivity contribution in [3.05, 3.63) is 20.3 Å². The fourth-order valence-corrected chi connectivity index (χ4v) is 46.3. The van der Waals surface area contributed by atoms with Crippen LogP contribution in [-0.4, -0.2) is 36.8 Å². The van der Waals surface area contributed by atoms with Gasteiger partial charge in [-0.3, -0.25) is 0 Å². The second-order valence-corrected chi connectivity index (χ2v) is 36.8. The number of hydrogen-bond acceptors (Lipinski definition) is 0. The van der Waals surface area contributed by atoms with E-state index in [-0.39, 0.29) is 0 Å². The van der Waals surface area contributed by atoms with E-state index < -0.39 is 36.8 Å². The summed E-state index contributed by atoms with van der Waals surface area (Å²) in [4.78, 5) is 0. The van der Waals surface area contributed by atoms with Crippen molar-refractivity contribution in [1.29, 1.82) is 0 Å². The van der Waals surface area contributed by atoms with Crippen molar-refractivity contribution in [2.45, 2.75) is 145 Å². The third kappa shape index (κ3) is 10.3. The van der Waals surface area contributed by atoms with Crippen molar-refractivity contribution >= 4 is 36.8 Å². The molecule has 0 aromatic rings. The summed E-state index contributed by atoms with van der Waals surface area (Å²) in [5.41, 5.74) is 0. The summed E-state index contributed by atoms with van der Waals surface area (Å²) in [6.45, 7) is 24.4. The Morgan fingerprint density at radius 2 is 0.567 bits per heavy atom. The van der Waals surface area contributed by atoms with Crippen LogP contribution in [0.1, 0.15) is 119 Å². The van der Waals surface area contributed by atoms with E-state index in [2.05, 4.69) is 41.5 Å². The van der Waals surface area contributed by atoms with Gasteiger partial charge in [-0.25, -0.2) is 0 Å². The summed E-state index contributed by atoms with van der Waals surface area (Å²) in [5, 5.41) is 0. The van der Waals surface area contributed by atoms with Gasteiger partial charge < -0.3 is 0 Å². The molecule has 0 nitrogen and oxygen atoms in total. The van der Waals surface area contributed by atoms with Crippen LogP contribution in [0.3, 0.4) is 0 Å². The first-order valence-corrected chi connectivity index (χ1v) is 28.8. The average Bonchev–Trinajstić information content (AvgIpc) is 2.77. The van der Waals surface area contributed by atoms with Crippen molar-refractivity contribution in [3.8, 4) is 0 Å². The molecule has 178 valence electrons. The van der Waals surface area contributed by atoms with Crippen LogP contribution < -0.4 is 0 Å². The van der Waals surface area contributed by atoms with E-state index in [1.807, 2.05) is 0 Å². The molecule has 0 spiro atoms. The number of allylic oxidation sites excluding steroid dienone is 2. The van der Waals surface area contributed by atoms with E-state index in [9.17, 15) is 0 Å². The molecule has 0 N–H and O–H groups in total. The van der Waals surface area contributed by atoms with Gasteiger partial charge in [0.2, 0.25) is 0 Å². The van der Waals surface area contributed by atoms with Crippen LogP contribution in [0.4, 0.5) is 0 Å². The second-order valence-electron chi connectivity index (χ2n) is 10.1. The molecule has 0 amide bonds. The van der Waals surface area contributed by atoms with E-state index in [0.717, 1.165) is 0 Å². The van der Waals surface area contributed by atoms with Gasteiger partial charge in [-0.1, -0.05) is 0 Å². The van der Waals surface area contributed by atoms with Gasteiger partial charge in [0.15, 0.2) is 0 Å². The summed E-state index contributed by atoms with van der Waals surface area (Å²) in [7, 11) is 0. The quantitative estimate of drug-likeness (QED) is 0.0873. The average molecular weight is 632 g/mol. The predicted molar refractivity (Wildman–Crippen MR) is 148 cm³/mol. The molecule has 0 aliphatic heterocycles. The molecule has 0 saturated heterocycles. The molecule has 0 aromatic heterocycles. The van der Waals surface area contributed by atoms with Gasteiger partial charge in [-0.05, 0) is 0 Å². The van der Waals surface area contributed by atoms with Crippen LogP contribution in [0, 0.1) is 0 Å². The molecule has 0 fully saturated rings. The molecule has 30 heavy (non-hydrogen) atoms. The molecule has 0 rings (SSSR count). The third-order valence-electron chi connectivity index (χ3n) is 7.70. The molecule has 0 aromatic carbocycles. The molecule has 0 heterocycles. The van der Waals surface area contributed by atoms with E-state index in [0.29, 0.717) is 0 Å². The molecule has 0 unspecified atom stereocenters. The van der Waals surface area contributed by atoms with Crippen LogP contribution >= 0.6 is 0 Å². The van der Waals surface area contributed by atoms with E-state index >= 15 is 0 Å². The van der Waals surface area contributed by atoms with Crippen molar-refractivity contribution < 1.29 is 0 Å². The van der Waals surface area contributed by atoms with Gasteiger partial charge in [0.05, 0.1) is 0 Å². The molecule has 0 atom stereocenters. The first-order chi connectivity index (χ1) is 14.4. The standard InChI is InChI=1S/6C4H9.C4H4.2Sn/c7*1-3-4-2;;/h6*1,3-4H2,2H3;1-2H2;;. The van der Waals surface area contributed by atoms with Crippen LogP contribution in [0.5, 0.6) is 0 Å². The molecule has 0 saturated carbocycles. The Hall–Kier alpha value is 1.08. The molecule has 0 radical (unpaired) electrons. The Morgan fingerprint density at radius 3 is 0.700 bits per heavy atom. The van der Waals surface area contributed by atoms with Gasteiger partial charge in [0, 0.05) is 0 Å². The number of unbranched alkanes of at least 4 members (excludes halogenated alkanes) is 6. The fraction of sp³-hybridized carbons (Fsp3) is 0.857. The van der Waals surface area contributed by atoms with Crippen molar-refractivity contribution in [3.63, 3.8) is 0 Å². The second kappa shape index (κ2) is 18.5. The van der Waals surface area contributed by atoms with Crippen molar-refractivity contribution in [2.75, 3.05) is 0 Å². The van der Waals surface area contributed by atoms with Crippen molar-refractivity contribution in [2.24, 2.45) is 0 Å². The number of hydrogen-bond donors (Lipinski definition) is 0. The Morgan fingerprint density at radius 1 is 0.400 bits per heavy atom. The molecular formula is C28H58Sn2. The van der Waals surface area contributed by atoms with Crippen LogP contribution in [0.15, 0.2) is 20.3 Å². The number of rotatable bonds is 21. The first-order valence-electron chi connectivity index (χ1n) is 13.8. The Labute approximate surface area is 200 Å². The summed E-state index contributed by atoms with van der Waals surface area (Å²) in [6, 6.07) is 0. The maximum atomic E-state index is 5.02. The Bertz CT molecular complexity index is 366. The zero-order valence-electron chi connectivity index (χ0n) is 22.1. The minimum atomic E-state index is -2.43. The first kappa shape index (κ1) is 31.1. The summed E-state index contributed by atoms with van der Waals surface area (Å²) < 4.78 is 12.9. The van der Waals surface area contributed by atoms with Crippen LogP contribution in [0.25, 0.3) is 0 Å². The van der Waals surface area contributed by atoms with Crippen LogP contribution in [0.2, 0.25) is 26.6 Å². The van der Waals surface area contributed by atoms with E-state index in [1.165, 1.54) is 77.0 Å². The van der Waals surface area contributed by atoms with E-state index in [4.69, 9.17) is 13.2 Å². The van der Waals surface area contributed by atoms with Gasteiger partial charge in [-0.2, -0.15) is 0 Å². The monoisotopic (exact) mass is 634 g/mol. The third-order valence-corrected chi connectivity index (χ3v) is 41.2. The van der Waals surface area contributed by atoms with Gasteiger partial charge in [0.25, 0.3) is 0 Å². The maximum absolute atomic E-state index is 5.02. The summed E-state index contributed by atoms with van der Waals surface area (Å²) in [6.07, 6.45) is 16.8. The fourth-order valence-electron chi connectivity index (χ4n) is 5.39. The van der Waals surface area contributed by atoms with Gasteiger partial charge >= 0.3 is 202 Å². The van der Waals surface area contributed by atoms with E-state index in [1.54, 1.807) is 33.8 Å². The summed E-state index contributed by atoms with van der Waals surface area (Å²) >= 11 is -4.86. The zero-order valence-corrected chi connectivity index (χ0v) is 27.9. The topological polar surface area (TPSA) is 0 Å².